The van der Waals surface area contributed by atoms with Crippen LogP contribution in [0.3, 0.4) is 0 Å². The molecule has 1 aliphatic rings. The molecular formula is C10H26O2. The van der Waals surface area contributed by atoms with Crippen LogP contribution in [-0.2, 0) is 9.47 Å². The Hall–Kier alpha value is -0.0800. The van der Waals surface area contributed by atoms with Gasteiger partial charge in [-0.15, -0.1) is 0 Å². The summed E-state index contributed by atoms with van der Waals surface area (Å²) in [6.07, 6.45) is 0. The molecule has 12 heavy (non-hydrogen) atoms. The van der Waals surface area contributed by atoms with Crippen LogP contribution in [0.2, 0.25) is 0 Å². The van der Waals surface area contributed by atoms with Crippen molar-refractivity contribution in [3.63, 3.8) is 0 Å². The summed E-state index contributed by atoms with van der Waals surface area (Å²) >= 11 is 0. The minimum Gasteiger partial charge on any atom is -0.377 e. The lowest BCUT2D eigenvalue weighted by molar-refractivity contribution is -0.0334. The van der Waals surface area contributed by atoms with Crippen LogP contribution in [0.25, 0.3) is 0 Å². The van der Waals surface area contributed by atoms with Crippen molar-refractivity contribution in [2.75, 3.05) is 26.4 Å². The highest BCUT2D eigenvalue weighted by Crippen LogP contribution is 1.85. The Morgan fingerprint density at radius 3 is 0.750 bits per heavy atom. The van der Waals surface area contributed by atoms with Crippen molar-refractivity contribution in [2.45, 2.75) is 41.5 Å². The first-order valence-electron chi connectivity index (χ1n) is 5.15. The fourth-order valence-electron chi connectivity index (χ4n) is 0.440. The average Bonchev–Trinajstić information content (AvgIpc) is 2.29. The minimum absolute atomic E-state index is 0.778. The maximum absolute atomic E-state index is 4.94. The predicted octanol–water partition coefficient (Wildman–Crippen LogP) is 3.11. The lowest BCUT2D eigenvalue weighted by atomic mass is 10.6. The zero-order chi connectivity index (χ0) is 10.2. The van der Waals surface area contributed by atoms with E-state index in [9.17, 15) is 0 Å². The van der Waals surface area contributed by atoms with Crippen molar-refractivity contribution in [1.82, 2.24) is 0 Å². The van der Waals surface area contributed by atoms with Crippen LogP contribution in [-0.4, -0.2) is 26.4 Å². The highest BCUT2D eigenvalue weighted by Gasteiger charge is 1.94. The van der Waals surface area contributed by atoms with E-state index in [4.69, 9.17) is 9.47 Å². The molecule has 0 atom stereocenters. The van der Waals surface area contributed by atoms with E-state index in [0.29, 0.717) is 0 Å². The summed E-state index contributed by atoms with van der Waals surface area (Å²) in [5, 5.41) is 0. The molecule has 0 spiro atoms. The second-order valence-corrected chi connectivity index (χ2v) is 1.22. The van der Waals surface area contributed by atoms with Gasteiger partial charge in [-0.3, -0.25) is 0 Å². The van der Waals surface area contributed by atoms with Gasteiger partial charge in [-0.25, -0.2) is 0 Å². The predicted molar refractivity (Wildman–Crippen MR) is 55.7 cm³/mol. The van der Waals surface area contributed by atoms with E-state index in [2.05, 4.69) is 0 Å². The number of hydrogen-bond donors (Lipinski definition) is 0. The Morgan fingerprint density at radius 2 is 0.667 bits per heavy atom. The van der Waals surface area contributed by atoms with Crippen LogP contribution in [0.4, 0.5) is 0 Å². The molecule has 0 N–H and O–H groups in total. The molecule has 0 aliphatic carbocycles. The van der Waals surface area contributed by atoms with Gasteiger partial charge in [0.2, 0.25) is 0 Å². The van der Waals surface area contributed by atoms with Gasteiger partial charge >= 0.3 is 0 Å². The summed E-state index contributed by atoms with van der Waals surface area (Å²) in [6, 6.07) is 0. The standard InChI is InChI=1S/C4H8O2.3C2H6/c1-2-6-4-3-5-1;3*1-2/h1-4H2;3*1-2H3. The second-order valence-electron chi connectivity index (χ2n) is 1.22. The third-order valence-electron chi connectivity index (χ3n) is 0.744. The molecule has 0 radical (unpaired) electrons. The molecule has 0 aromatic carbocycles. The van der Waals surface area contributed by atoms with Gasteiger partial charge in [-0.1, -0.05) is 41.5 Å². The van der Waals surface area contributed by atoms with Crippen molar-refractivity contribution < 1.29 is 9.47 Å². The monoisotopic (exact) mass is 178 g/mol. The summed E-state index contributed by atoms with van der Waals surface area (Å²) in [5.74, 6) is 0. The zero-order valence-electron chi connectivity index (χ0n) is 9.64. The number of rotatable bonds is 0. The SMILES string of the molecule is C1COCCO1.CC.CC.CC. The second kappa shape index (κ2) is 30.7. The van der Waals surface area contributed by atoms with Crippen molar-refractivity contribution in [3.05, 3.63) is 0 Å². The first-order valence-corrected chi connectivity index (χ1v) is 5.15. The average molecular weight is 178 g/mol. The molecule has 78 valence electrons. The van der Waals surface area contributed by atoms with Crippen LogP contribution in [0.5, 0.6) is 0 Å². The van der Waals surface area contributed by atoms with Crippen LogP contribution < -0.4 is 0 Å². The fraction of sp³-hybridized carbons (Fsp3) is 1.00. The number of hydrogen-bond acceptors (Lipinski definition) is 2. The Balaban J connectivity index is -0.000000117. The van der Waals surface area contributed by atoms with Crippen molar-refractivity contribution in [1.29, 1.82) is 0 Å². The van der Waals surface area contributed by atoms with Crippen molar-refractivity contribution >= 4 is 0 Å². The topological polar surface area (TPSA) is 18.5 Å². The summed E-state index contributed by atoms with van der Waals surface area (Å²) < 4.78 is 9.89. The lowest BCUT2D eigenvalue weighted by Gasteiger charge is -2.09. The molecule has 0 bridgehead atoms. The molecule has 0 unspecified atom stereocenters. The molecule has 0 saturated carbocycles. The third kappa shape index (κ3) is 22.5. The normalized spacial score (nSPS) is 13.5. The van der Waals surface area contributed by atoms with E-state index in [1.165, 1.54) is 0 Å². The van der Waals surface area contributed by atoms with Crippen LogP contribution in [0.1, 0.15) is 41.5 Å². The minimum atomic E-state index is 0.778. The molecule has 0 amide bonds. The maximum Gasteiger partial charge on any atom is 0.0701 e. The third-order valence-corrected chi connectivity index (χ3v) is 0.744. The quantitative estimate of drug-likeness (QED) is 0.567. The molecule has 0 aromatic heterocycles. The van der Waals surface area contributed by atoms with E-state index >= 15 is 0 Å². The van der Waals surface area contributed by atoms with Gasteiger partial charge in [0.1, 0.15) is 0 Å². The molecule has 0 aromatic rings. The molecule has 1 saturated heterocycles. The van der Waals surface area contributed by atoms with Crippen LogP contribution in [0, 0.1) is 0 Å². The van der Waals surface area contributed by atoms with Gasteiger partial charge in [-0.05, 0) is 0 Å². The lowest BCUT2D eigenvalue weighted by Crippen LogP contribution is -2.16. The molecule has 1 fully saturated rings. The van der Waals surface area contributed by atoms with Crippen LogP contribution >= 0.6 is 0 Å². The van der Waals surface area contributed by atoms with Gasteiger partial charge in [0.25, 0.3) is 0 Å². The molecule has 1 heterocycles. The van der Waals surface area contributed by atoms with E-state index in [1.807, 2.05) is 41.5 Å². The fourth-order valence-corrected chi connectivity index (χ4v) is 0.440. The molecule has 2 heteroatoms. The molecular weight excluding hydrogens is 152 g/mol. The van der Waals surface area contributed by atoms with E-state index in [1.54, 1.807) is 0 Å². The van der Waals surface area contributed by atoms with Gasteiger partial charge in [-0.2, -0.15) is 0 Å². The van der Waals surface area contributed by atoms with Crippen LogP contribution in [0.15, 0.2) is 0 Å². The number of ether oxygens (including phenoxy) is 2. The highest BCUT2D eigenvalue weighted by molar-refractivity contribution is 4.37. The molecule has 1 rings (SSSR count). The van der Waals surface area contributed by atoms with Crippen molar-refractivity contribution in [2.24, 2.45) is 0 Å². The first-order chi connectivity index (χ1) is 6.00. The molecule has 1 aliphatic heterocycles. The van der Waals surface area contributed by atoms with Gasteiger partial charge in [0.15, 0.2) is 0 Å². The molecule has 2 nitrogen and oxygen atoms in total. The Bertz CT molecular complexity index is 23.3. The Morgan fingerprint density at radius 1 is 0.500 bits per heavy atom. The Kier molecular flexibility index (Phi) is 45.6. The largest absolute Gasteiger partial charge is 0.377 e. The summed E-state index contributed by atoms with van der Waals surface area (Å²) in [7, 11) is 0. The van der Waals surface area contributed by atoms with E-state index in [0.717, 1.165) is 26.4 Å². The summed E-state index contributed by atoms with van der Waals surface area (Å²) in [6.45, 7) is 15.1. The summed E-state index contributed by atoms with van der Waals surface area (Å²) in [4.78, 5) is 0. The van der Waals surface area contributed by atoms with Crippen molar-refractivity contribution in [3.8, 4) is 0 Å². The first kappa shape index (κ1) is 17.9. The summed E-state index contributed by atoms with van der Waals surface area (Å²) in [5.41, 5.74) is 0. The Labute approximate surface area is 78.3 Å². The van der Waals surface area contributed by atoms with Gasteiger partial charge in [0, 0.05) is 0 Å². The zero-order valence-corrected chi connectivity index (χ0v) is 9.64. The van der Waals surface area contributed by atoms with E-state index in [-0.39, 0.29) is 0 Å². The maximum atomic E-state index is 4.94. The smallest absolute Gasteiger partial charge is 0.0701 e. The van der Waals surface area contributed by atoms with Gasteiger partial charge in [0.05, 0.1) is 26.4 Å². The van der Waals surface area contributed by atoms with Gasteiger partial charge < -0.3 is 9.47 Å². The van der Waals surface area contributed by atoms with E-state index < -0.39 is 0 Å². The highest BCUT2D eigenvalue weighted by atomic mass is 16.6.